The topological polar surface area (TPSA) is 101 Å². The van der Waals surface area contributed by atoms with Gasteiger partial charge in [0.15, 0.2) is 0 Å². The number of hydrogen-bond donors (Lipinski definition) is 1. The molecule has 0 atom stereocenters. The molecule has 1 aliphatic heterocycles. The van der Waals surface area contributed by atoms with E-state index in [1.54, 1.807) is 17.0 Å². The minimum Gasteiger partial charge on any atom is -0.337 e. The Morgan fingerprint density at radius 3 is 2.45 bits per heavy atom. The van der Waals surface area contributed by atoms with Crippen LogP contribution in [0.3, 0.4) is 0 Å². The molecule has 0 bridgehead atoms. The molecule has 1 aromatic carbocycles. The van der Waals surface area contributed by atoms with E-state index < -0.39 is 0 Å². The molecular weight excluding hydrogens is 370 g/mol. The summed E-state index contributed by atoms with van der Waals surface area (Å²) in [5, 5.41) is 10.6. The normalized spacial score (nSPS) is 14.7. The number of nitrogens with one attached hydrogen (secondary N) is 1. The zero-order chi connectivity index (χ0) is 20.2. The number of piperidine rings is 1. The number of H-pyrrole nitrogens is 1. The van der Waals surface area contributed by atoms with Gasteiger partial charge in [0.05, 0.1) is 5.69 Å². The average Bonchev–Trinajstić information content (AvgIpc) is 2.76. The molecule has 0 aliphatic carbocycles. The molecule has 1 N–H and O–H groups in total. The van der Waals surface area contributed by atoms with Crippen LogP contribution in [-0.2, 0) is 6.54 Å². The van der Waals surface area contributed by atoms with Crippen LogP contribution in [0.4, 0.5) is 0 Å². The van der Waals surface area contributed by atoms with Crippen LogP contribution in [0.1, 0.15) is 23.3 Å². The van der Waals surface area contributed by atoms with Gasteiger partial charge in [0, 0.05) is 37.3 Å². The summed E-state index contributed by atoms with van der Waals surface area (Å²) in [5.74, 6) is 0.0693. The van der Waals surface area contributed by atoms with Crippen LogP contribution in [0.15, 0.2) is 64.2 Å². The summed E-state index contributed by atoms with van der Waals surface area (Å²) in [6.07, 6.45) is 1.55. The van der Waals surface area contributed by atoms with Gasteiger partial charge in [-0.25, -0.2) is 9.78 Å². The van der Waals surface area contributed by atoms with Crippen molar-refractivity contribution in [1.82, 2.24) is 24.9 Å². The van der Waals surface area contributed by atoms with Crippen molar-refractivity contribution in [2.24, 2.45) is 5.92 Å². The third kappa shape index (κ3) is 4.31. The Morgan fingerprint density at radius 1 is 1.00 bits per heavy atom. The van der Waals surface area contributed by atoms with E-state index in [1.165, 1.54) is 16.8 Å². The van der Waals surface area contributed by atoms with Gasteiger partial charge >= 0.3 is 0 Å². The second-order valence-corrected chi connectivity index (χ2v) is 7.15. The van der Waals surface area contributed by atoms with Gasteiger partial charge in [0.1, 0.15) is 5.69 Å². The lowest BCUT2D eigenvalue weighted by molar-refractivity contribution is 0.0673. The van der Waals surface area contributed by atoms with E-state index in [0.29, 0.717) is 19.6 Å². The summed E-state index contributed by atoms with van der Waals surface area (Å²) in [7, 11) is 0. The highest BCUT2D eigenvalue weighted by Crippen LogP contribution is 2.20. The monoisotopic (exact) mass is 391 g/mol. The molecule has 0 unspecified atom stereocenters. The first-order chi connectivity index (χ1) is 14.1. The lowest BCUT2D eigenvalue weighted by atomic mass is 9.96. The Bertz CT molecular complexity index is 1090. The zero-order valence-corrected chi connectivity index (χ0v) is 15.8. The second-order valence-electron chi connectivity index (χ2n) is 7.15. The van der Waals surface area contributed by atoms with Crippen molar-refractivity contribution in [3.05, 3.63) is 81.0 Å². The molecule has 1 fully saturated rings. The molecule has 2 aromatic heterocycles. The van der Waals surface area contributed by atoms with Crippen LogP contribution in [0, 0.1) is 5.92 Å². The number of nitrogens with zero attached hydrogens (tertiary/aromatic N) is 4. The fraction of sp³-hybridized carbons (Fsp3) is 0.286. The average molecular weight is 391 g/mol. The van der Waals surface area contributed by atoms with Crippen molar-refractivity contribution >= 4 is 5.91 Å². The minimum atomic E-state index is -0.337. The first-order valence-electron chi connectivity index (χ1n) is 9.59. The largest absolute Gasteiger partial charge is 0.337 e. The quantitative estimate of drug-likeness (QED) is 0.727. The smallest absolute Gasteiger partial charge is 0.274 e. The predicted octanol–water partition coefficient (Wildman–Crippen LogP) is 1.55. The molecule has 3 aromatic rings. The lowest BCUT2D eigenvalue weighted by Crippen LogP contribution is -2.40. The molecule has 29 heavy (non-hydrogen) atoms. The summed E-state index contributed by atoms with van der Waals surface area (Å²) >= 11 is 0. The number of amides is 1. The Kier molecular flexibility index (Phi) is 5.33. The van der Waals surface area contributed by atoms with Crippen molar-refractivity contribution < 1.29 is 4.79 Å². The van der Waals surface area contributed by atoms with Gasteiger partial charge in [0.2, 0.25) is 0 Å². The maximum Gasteiger partial charge on any atom is 0.274 e. The minimum absolute atomic E-state index is 0.124. The first-order valence-corrected chi connectivity index (χ1v) is 9.59. The van der Waals surface area contributed by atoms with Gasteiger partial charge in [-0.1, -0.05) is 30.3 Å². The Morgan fingerprint density at radius 2 is 1.76 bits per heavy atom. The summed E-state index contributed by atoms with van der Waals surface area (Å²) in [4.78, 5) is 37.6. The van der Waals surface area contributed by atoms with Gasteiger partial charge in [-0.2, -0.15) is 10.2 Å². The molecule has 148 valence electrons. The van der Waals surface area contributed by atoms with Crippen LogP contribution in [-0.4, -0.2) is 43.9 Å². The molecule has 0 saturated carbocycles. The molecule has 1 saturated heterocycles. The van der Waals surface area contributed by atoms with Crippen LogP contribution >= 0.6 is 0 Å². The summed E-state index contributed by atoms with van der Waals surface area (Å²) in [5.41, 5.74) is 1.50. The van der Waals surface area contributed by atoms with E-state index in [0.717, 1.165) is 24.1 Å². The van der Waals surface area contributed by atoms with Crippen LogP contribution in [0.25, 0.3) is 11.3 Å². The maximum atomic E-state index is 12.5. The number of rotatable bonds is 4. The third-order valence-corrected chi connectivity index (χ3v) is 5.17. The van der Waals surface area contributed by atoms with E-state index >= 15 is 0 Å². The number of aromatic nitrogens is 4. The lowest BCUT2D eigenvalue weighted by Gasteiger charge is -2.31. The van der Waals surface area contributed by atoms with Gasteiger partial charge in [-0.05, 0) is 30.9 Å². The molecule has 0 spiro atoms. The second kappa shape index (κ2) is 8.22. The van der Waals surface area contributed by atoms with E-state index in [9.17, 15) is 14.4 Å². The highest BCUT2D eigenvalue weighted by molar-refractivity contribution is 5.92. The number of hydrogen-bond acceptors (Lipinski definition) is 5. The number of likely N-dealkylation sites (tertiary alicyclic amines) is 1. The number of carbonyl (C=O) groups is 1. The van der Waals surface area contributed by atoms with Crippen LogP contribution < -0.4 is 11.1 Å². The molecule has 4 rings (SSSR count). The fourth-order valence-electron chi connectivity index (χ4n) is 3.53. The molecular formula is C21H21N5O3. The Hall–Kier alpha value is -3.55. The van der Waals surface area contributed by atoms with E-state index in [2.05, 4.69) is 15.3 Å². The van der Waals surface area contributed by atoms with E-state index in [4.69, 9.17) is 0 Å². The van der Waals surface area contributed by atoms with Crippen molar-refractivity contribution in [3.8, 4) is 11.3 Å². The van der Waals surface area contributed by atoms with Crippen molar-refractivity contribution in [2.75, 3.05) is 13.1 Å². The number of benzene rings is 1. The summed E-state index contributed by atoms with van der Waals surface area (Å²) < 4.78 is 1.52. The van der Waals surface area contributed by atoms with Crippen LogP contribution in [0.2, 0.25) is 0 Å². The third-order valence-electron chi connectivity index (χ3n) is 5.17. The highest BCUT2D eigenvalue weighted by Gasteiger charge is 2.25. The van der Waals surface area contributed by atoms with Gasteiger partial charge < -0.3 is 4.90 Å². The van der Waals surface area contributed by atoms with Crippen molar-refractivity contribution in [3.63, 3.8) is 0 Å². The fourth-order valence-corrected chi connectivity index (χ4v) is 3.53. The Balaban J connectivity index is 1.41. The number of aromatic amines is 1. The maximum absolute atomic E-state index is 12.5. The summed E-state index contributed by atoms with van der Waals surface area (Å²) in [6.45, 7) is 1.69. The predicted molar refractivity (Wildman–Crippen MR) is 107 cm³/mol. The van der Waals surface area contributed by atoms with Gasteiger partial charge in [-0.3, -0.25) is 14.4 Å². The molecule has 8 nitrogen and oxygen atoms in total. The molecule has 0 radical (unpaired) electrons. The standard InChI is InChI=1S/C21H21N5O3/c27-19-8-6-18(22-23-19)21(29)25-12-10-15(11-13-25)14-26-20(28)9-7-17(24-26)16-4-2-1-3-5-16/h1-9,15H,10-14H2,(H,23,27). The van der Waals surface area contributed by atoms with Gasteiger partial charge in [-0.15, -0.1) is 0 Å². The van der Waals surface area contributed by atoms with Crippen LogP contribution in [0.5, 0.6) is 0 Å². The Labute approximate surface area is 166 Å². The SMILES string of the molecule is O=C(c1ccc(=O)[nH]n1)N1CCC(Cn2nc(-c3ccccc3)ccc2=O)CC1. The first kappa shape index (κ1) is 18.8. The number of carbonyl (C=O) groups excluding carboxylic acids is 1. The highest BCUT2D eigenvalue weighted by atomic mass is 16.2. The zero-order valence-electron chi connectivity index (χ0n) is 15.8. The molecule has 1 amide bonds. The van der Waals surface area contributed by atoms with Crippen molar-refractivity contribution in [2.45, 2.75) is 19.4 Å². The summed E-state index contributed by atoms with van der Waals surface area (Å²) in [6, 6.07) is 15.8. The van der Waals surface area contributed by atoms with Crippen molar-refractivity contribution in [1.29, 1.82) is 0 Å². The molecule has 1 aliphatic rings. The van der Waals surface area contributed by atoms with E-state index in [1.807, 2.05) is 30.3 Å². The molecule has 3 heterocycles. The molecule has 8 heteroatoms. The van der Waals surface area contributed by atoms with E-state index in [-0.39, 0.29) is 28.6 Å². The van der Waals surface area contributed by atoms with Gasteiger partial charge in [0.25, 0.3) is 17.0 Å².